The van der Waals surface area contributed by atoms with Crippen LogP contribution in [0.15, 0.2) is 16.7 Å². The summed E-state index contributed by atoms with van der Waals surface area (Å²) in [7, 11) is 0. The van der Waals surface area contributed by atoms with Crippen molar-refractivity contribution in [3.05, 3.63) is 23.7 Å². The van der Waals surface area contributed by atoms with Crippen molar-refractivity contribution in [2.24, 2.45) is 17.8 Å². The molecule has 2 rings (SSSR count). The van der Waals surface area contributed by atoms with E-state index in [0.717, 1.165) is 30.1 Å². The van der Waals surface area contributed by atoms with Crippen LogP contribution < -0.4 is 5.32 Å². The Morgan fingerprint density at radius 3 is 2.67 bits per heavy atom. The van der Waals surface area contributed by atoms with Gasteiger partial charge < -0.3 is 9.73 Å². The third-order valence-electron chi connectivity index (χ3n) is 4.72. The molecule has 18 heavy (non-hydrogen) atoms. The van der Waals surface area contributed by atoms with E-state index in [1.807, 2.05) is 6.26 Å². The smallest absolute Gasteiger partial charge is 0.123 e. The van der Waals surface area contributed by atoms with Gasteiger partial charge in [-0.15, -0.1) is 0 Å². The predicted molar refractivity (Wildman–Crippen MR) is 75.5 cm³/mol. The molecule has 1 aliphatic carbocycles. The fourth-order valence-electron chi connectivity index (χ4n) is 3.29. The number of rotatable bonds is 4. The first-order valence-electron chi connectivity index (χ1n) is 7.40. The molecule has 0 aromatic carbocycles. The van der Waals surface area contributed by atoms with Crippen LogP contribution in [-0.4, -0.2) is 6.54 Å². The molecule has 0 spiro atoms. The van der Waals surface area contributed by atoms with E-state index in [4.69, 9.17) is 4.42 Å². The van der Waals surface area contributed by atoms with Crippen LogP contribution in [0.4, 0.5) is 0 Å². The number of nitrogens with one attached hydrogen (secondary N) is 1. The first-order chi connectivity index (χ1) is 8.63. The van der Waals surface area contributed by atoms with Crippen LogP contribution in [0, 0.1) is 24.7 Å². The topological polar surface area (TPSA) is 25.2 Å². The van der Waals surface area contributed by atoms with Gasteiger partial charge in [0.2, 0.25) is 0 Å². The average Bonchev–Trinajstić information content (AvgIpc) is 2.76. The second kappa shape index (κ2) is 5.92. The Bertz CT molecular complexity index is 371. The Morgan fingerprint density at radius 2 is 2.11 bits per heavy atom. The maximum absolute atomic E-state index is 5.73. The number of hydrogen-bond acceptors (Lipinski definition) is 2. The highest BCUT2D eigenvalue weighted by Gasteiger charge is 2.32. The van der Waals surface area contributed by atoms with E-state index in [0.29, 0.717) is 6.04 Å². The molecule has 1 saturated carbocycles. The molecule has 0 bridgehead atoms. The van der Waals surface area contributed by atoms with Gasteiger partial charge in [0.05, 0.1) is 12.3 Å². The predicted octanol–water partition coefficient (Wildman–Crippen LogP) is 4.31. The highest BCUT2D eigenvalue weighted by atomic mass is 16.3. The van der Waals surface area contributed by atoms with Crippen molar-refractivity contribution < 1.29 is 4.42 Å². The van der Waals surface area contributed by atoms with Crippen molar-refractivity contribution in [3.8, 4) is 0 Å². The van der Waals surface area contributed by atoms with Crippen molar-refractivity contribution in [2.75, 3.05) is 6.54 Å². The molecule has 1 fully saturated rings. The molecule has 0 aliphatic heterocycles. The first-order valence-corrected chi connectivity index (χ1v) is 7.40. The van der Waals surface area contributed by atoms with Crippen LogP contribution in [0.3, 0.4) is 0 Å². The third-order valence-corrected chi connectivity index (χ3v) is 4.72. The summed E-state index contributed by atoms with van der Waals surface area (Å²) in [6.07, 6.45) is 5.82. The van der Waals surface area contributed by atoms with E-state index in [-0.39, 0.29) is 0 Å². The summed E-state index contributed by atoms with van der Waals surface area (Å²) in [4.78, 5) is 0. The maximum Gasteiger partial charge on any atom is 0.123 e. The number of aryl methyl sites for hydroxylation is 1. The van der Waals surface area contributed by atoms with Crippen LogP contribution in [0.25, 0.3) is 0 Å². The van der Waals surface area contributed by atoms with Gasteiger partial charge in [-0.1, -0.05) is 27.2 Å². The lowest BCUT2D eigenvalue weighted by atomic mass is 9.72. The zero-order valence-electron chi connectivity index (χ0n) is 12.2. The molecule has 1 N–H and O–H groups in total. The lowest BCUT2D eigenvalue weighted by Crippen LogP contribution is -2.33. The van der Waals surface area contributed by atoms with Crippen LogP contribution >= 0.6 is 0 Å². The van der Waals surface area contributed by atoms with Gasteiger partial charge in [0.1, 0.15) is 5.76 Å². The quantitative estimate of drug-likeness (QED) is 0.860. The van der Waals surface area contributed by atoms with E-state index in [9.17, 15) is 0 Å². The number of furan rings is 1. The van der Waals surface area contributed by atoms with Gasteiger partial charge >= 0.3 is 0 Å². The molecule has 1 aromatic rings. The monoisotopic (exact) mass is 249 g/mol. The van der Waals surface area contributed by atoms with E-state index in [2.05, 4.69) is 39.1 Å². The molecule has 102 valence electrons. The molecular weight excluding hydrogens is 222 g/mol. The summed E-state index contributed by atoms with van der Waals surface area (Å²) in [6.45, 7) is 10.1. The Kier molecular flexibility index (Phi) is 4.50. The molecule has 4 atom stereocenters. The van der Waals surface area contributed by atoms with Crippen LogP contribution in [-0.2, 0) is 0 Å². The summed E-state index contributed by atoms with van der Waals surface area (Å²) < 4.78 is 5.73. The Balaban J connectivity index is 2.13. The minimum Gasteiger partial charge on any atom is -0.467 e. The largest absolute Gasteiger partial charge is 0.467 e. The fraction of sp³-hybridized carbons (Fsp3) is 0.750. The second-order valence-corrected chi connectivity index (χ2v) is 6.03. The van der Waals surface area contributed by atoms with Gasteiger partial charge in [0, 0.05) is 0 Å². The van der Waals surface area contributed by atoms with E-state index >= 15 is 0 Å². The SMILES string of the molecule is CCNC(c1occc1C)C1CCC(C)C(C)C1. The molecule has 0 radical (unpaired) electrons. The van der Waals surface area contributed by atoms with Gasteiger partial charge in [-0.2, -0.15) is 0 Å². The van der Waals surface area contributed by atoms with Gasteiger partial charge in [-0.05, 0) is 55.7 Å². The summed E-state index contributed by atoms with van der Waals surface area (Å²) >= 11 is 0. The summed E-state index contributed by atoms with van der Waals surface area (Å²) in [5.41, 5.74) is 1.28. The van der Waals surface area contributed by atoms with Crippen molar-refractivity contribution >= 4 is 0 Å². The van der Waals surface area contributed by atoms with Crippen molar-refractivity contribution in [1.82, 2.24) is 5.32 Å². The summed E-state index contributed by atoms with van der Waals surface area (Å²) in [5.74, 6) is 3.59. The number of hydrogen-bond donors (Lipinski definition) is 1. The van der Waals surface area contributed by atoms with Crippen molar-refractivity contribution in [2.45, 2.75) is 53.0 Å². The third kappa shape index (κ3) is 2.80. The highest BCUT2D eigenvalue weighted by molar-refractivity contribution is 5.19. The standard InChI is InChI=1S/C16H27NO/c1-5-17-15(16-12(3)8-9-18-16)14-7-6-11(2)13(4)10-14/h8-9,11,13-15,17H,5-7,10H2,1-4H3. The van der Waals surface area contributed by atoms with Crippen LogP contribution in [0.2, 0.25) is 0 Å². The van der Waals surface area contributed by atoms with E-state index in [1.165, 1.54) is 24.8 Å². The van der Waals surface area contributed by atoms with Crippen LogP contribution in [0.5, 0.6) is 0 Å². The molecule has 1 heterocycles. The molecular formula is C16H27NO. The van der Waals surface area contributed by atoms with Gasteiger partial charge in [-0.3, -0.25) is 0 Å². The summed E-state index contributed by atoms with van der Waals surface area (Å²) in [5, 5.41) is 3.64. The normalized spacial score (nSPS) is 30.3. The second-order valence-electron chi connectivity index (χ2n) is 6.03. The molecule has 2 heteroatoms. The molecule has 0 amide bonds. The average molecular weight is 249 g/mol. The zero-order valence-corrected chi connectivity index (χ0v) is 12.2. The van der Waals surface area contributed by atoms with Gasteiger partial charge in [-0.25, -0.2) is 0 Å². The van der Waals surface area contributed by atoms with Crippen LogP contribution in [0.1, 0.15) is 57.4 Å². The van der Waals surface area contributed by atoms with Gasteiger partial charge in [0.25, 0.3) is 0 Å². The molecule has 1 aliphatic rings. The molecule has 2 nitrogen and oxygen atoms in total. The van der Waals surface area contributed by atoms with E-state index in [1.54, 1.807) is 0 Å². The summed E-state index contributed by atoms with van der Waals surface area (Å²) in [6, 6.07) is 2.48. The zero-order chi connectivity index (χ0) is 13.1. The highest BCUT2D eigenvalue weighted by Crippen LogP contribution is 2.40. The molecule has 1 aromatic heterocycles. The Labute approximate surface area is 111 Å². The Hall–Kier alpha value is -0.760. The lowest BCUT2D eigenvalue weighted by molar-refractivity contribution is 0.161. The lowest BCUT2D eigenvalue weighted by Gasteiger charge is -2.36. The Morgan fingerprint density at radius 1 is 1.33 bits per heavy atom. The first kappa shape index (κ1) is 13.7. The minimum atomic E-state index is 0.403. The molecule has 4 unspecified atom stereocenters. The minimum absolute atomic E-state index is 0.403. The maximum atomic E-state index is 5.73. The molecule has 0 saturated heterocycles. The fourth-order valence-corrected chi connectivity index (χ4v) is 3.29. The van der Waals surface area contributed by atoms with Crippen molar-refractivity contribution in [1.29, 1.82) is 0 Å². The van der Waals surface area contributed by atoms with E-state index < -0.39 is 0 Å². The van der Waals surface area contributed by atoms with Crippen molar-refractivity contribution in [3.63, 3.8) is 0 Å². The van der Waals surface area contributed by atoms with Gasteiger partial charge in [0.15, 0.2) is 0 Å².